The molecule has 0 saturated carbocycles. The average Bonchev–Trinajstić information content (AvgIpc) is 2.13. The molecule has 1 N–H and O–H groups in total. The molecule has 0 aliphatic heterocycles. The van der Waals surface area contributed by atoms with Crippen LogP contribution in [0.2, 0.25) is 0 Å². The second-order valence-corrected chi connectivity index (χ2v) is 4.27. The van der Waals surface area contributed by atoms with E-state index in [4.69, 9.17) is 23.2 Å². The molecule has 0 amide bonds. The summed E-state index contributed by atoms with van der Waals surface area (Å²) in [5.41, 5.74) is -0.494. The third-order valence-corrected chi connectivity index (χ3v) is 3.09. The Bertz CT molecular complexity index is 303. The van der Waals surface area contributed by atoms with Crippen molar-refractivity contribution >= 4 is 29.0 Å². The number of halogens is 2. The first kappa shape index (κ1) is 10.8. The summed E-state index contributed by atoms with van der Waals surface area (Å²) in [4.78, 5) is 11.3. The first-order valence-corrected chi connectivity index (χ1v) is 4.59. The van der Waals surface area contributed by atoms with Gasteiger partial charge in [0.25, 0.3) is 0 Å². The van der Waals surface area contributed by atoms with Crippen molar-refractivity contribution in [2.24, 2.45) is 5.41 Å². The van der Waals surface area contributed by atoms with Crippen LogP contribution < -0.4 is 0 Å². The molecule has 0 spiro atoms. The summed E-state index contributed by atoms with van der Waals surface area (Å²) in [7, 11) is 0. The summed E-state index contributed by atoms with van der Waals surface area (Å²) in [6.07, 6.45) is 1.90. The fourth-order valence-corrected chi connectivity index (χ4v) is 1.52. The molecule has 0 fully saturated rings. The minimum atomic E-state index is -1.18. The van der Waals surface area contributed by atoms with Crippen molar-refractivity contribution in [3.05, 3.63) is 22.2 Å². The maximum absolute atomic E-state index is 11.3. The Morgan fingerprint density at radius 3 is 2.54 bits per heavy atom. The number of carbonyl (C=O) groups is 1. The maximum Gasteiger partial charge on any atom is 0.207 e. The lowest BCUT2D eigenvalue weighted by molar-refractivity contribution is -0.120. The summed E-state index contributed by atoms with van der Waals surface area (Å²) in [6, 6.07) is 0. The molecule has 0 radical (unpaired) electrons. The van der Waals surface area contributed by atoms with Crippen LogP contribution in [-0.2, 0) is 4.79 Å². The smallest absolute Gasteiger partial charge is 0.207 e. The monoisotopic (exact) mass is 220 g/mol. The molecule has 72 valence electrons. The highest BCUT2D eigenvalue weighted by molar-refractivity contribution is 6.49. The van der Waals surface area contributed by atoms with E-state index in [2.05, 4.69) is 0 Å². The molecule has 0 aromatic rings. The molecule has 13 heavy (non-hydrogen) atoms. The first-order valence-electron chi connectivity index (χ1n) is 3.83. The van der Waals surface area contributed by atoms with Gasteiger partial charge in [0.15, 0.2) is 0 Å². The second-order valence-electron chi connectivity index (χ2n) is 3.52. The average molecular weight is 221 g/mol. The molecule has 1 aliphatic rings. The van der Waals surface area contributed by atoms with E-state index in [1.807, 2.05) is 13.8 Å². The van der Waals surface area contributed by atoms with Gasteiger partial charge in [0.05, 0.1) is 0 Å². The van der Waals surface area contributed by atoms with Crippen molar-refractivity contribution in [2.75, 3.05) is 0 Å². The highest BCUT2D eigenvalue weighted by Crippen LogP contribution is 2.37. The number of rotatable bonds is 0. The lowest BCUT2D eigenvalue weighted by atomic mass is 9.93. The predicted octanol–water partition coefficient (Wildman–Crippen LogP) is 2.20. The highest BCUT2D eigenvalue weighted by Gasteiger charge is 2.30. The van der Waals surface area contributed by atoms with Gasteiger partial charge in [0.2, 0.25) is 5.78 Å². The lowest BCUT2D eigenvalue weighted by Gasteiger charge is -2.18. The standard InChI is InChI=1S/C9H10Cl2O2/c1-9(2)4-3-5(12)7(13)6(10)8(9)11/h3-5,12H,1-2H3/t5-/m0/s1. The number of hydrogen-bond donors (Lipinski definition) is 1. The van der Waals surface area contributed by atoms with Crippen molar-refractivity contribution in [1.82, 2.24) is 0 Å². The molecular weight excluding hydrogens is 211 g/mol. The molecule has 2 nitrogen and oxygen atoms in total. The van der Waals surface area contributed by atoms with Gasteiger partial charge >= 0.3 is 0 Å². The molecule has 4 heteroatoms. The van der Waals surface area contributed by atoms with Crippen molar-refractivity contribution in [3.63, 3.8) is 0 Å². The van der Waals surface area contributed by atoms with Crippen LogP contribution in [0.5, 0.6) is 0 Å². The summed E-state index contributed by atoms with van der Waals surface area (Å²) >= 11 is 11.6. The number of aliphatic hydroxyl groups is 1. The number of allylic oxidation sites excluding steroid dienone is 2. The van der Waals surface area contributed by atoms with Gasteiger partial charge in [0.1, 0.15) is 11.1 Å². The van der Waals surface area contributed by atoms with E-state index in [0.717, 1.165) is 0 Å². The largest absolute Gasteiger partial charge is 0.381 e. The molecule has 0 unspecified atom stereocenters. The van der Waals surface area contributed by atoms with E-state index in [-0.39, 0.29) is 10.1 Å². The minimum absolute atomic E-state index is 0.0795. The molecule has 0 saturated heterocycles. The number of Topliss-reactive ketones (excluding diaryl/α,β-unsaturated/α-hetero) is 1. The summed E-state index contributed by atoms with van der Waals surface area (Å²) < 4.78 is 0. The quantitative estimate of drug-likeness (QED) is 0.636. The Morgan fingerprint density at radius 2 is 2.00 bits per heavy atom. The van der Waals surface area contributed by atoms with Gasteiger partial charge in [-0.25, -0.2) is 0 Å². The number of aliphatic hydroxyl groups excluding tert-OH is 1. The Hall–Kier alpha value is -0.310. The van der Waals surface area contributed by atoms with Crippen LogP contribution in [0, 0.1) is 5.41 Å². The van der Waals surface area contributed by atoms with Crippen LogP contribution >= 0.6 is 23.2 Å². The lowest BCUT2D eigenvalue weighted by Crippen LogP contribution is -2.17. The maximum atomic E-state index is 11.3. The van der Waals surface area contributed by atoms with E-state index >= 15 is 0 Å². The fourth-order valence-electron chi connectivity index (χ4n) is 1.01. The first-order chi connectivity index (χ1) is 5.86. The van der Waals surface area contributed by atoms with E-state index in [1.165, 1.54) is 6.08 Å². The highest BCUT2D eigenvalue weighted by atomic mass is 35.5. The van der Waals surface area contributed by atoms with Gasteiger partial charge in [-0.15, -0.1) is 0 Å². The van der Waals surface area contributed by atoms with Crippen LogP contribution in [0.15, 0.2) is 22.2 Å². The predicted molar refractivity (Wildman–Crippen MR) is 52.7 cm³/mol. The van der Waals surface area contributed by atoms with Crippen LogP contribution in [0.3, 0.4) is 0 Å². The molecule has 1 atom stereocenters. The van der Waals surface area contributed by atoms with Gasteiger partial charge in [-0.05, 0) is 0 Å². The molecule has 0 aromatic heterocycles. The zero-order valence-electron chi connectivity index (χ0n) is 7.34. The van der Waals surface area contributed by atoms with Crippen molar-refractivity contribution < 1.29 is 9.90 Å². The van der Waals surface area contributed by atoms with Crippen LogP contribution in [0.4, 0.5) is 0 Å². The summed E-state index contributed by atoms with van der Waals surface area (Å²) in [5, 5.41) is 9.46. The normalized spacial score (nSPS) is 27.8. The molecule has 1 aliphatic carbocycles. The van der Waals surface area contributed by atoms with Crippen LogP contribution in [-0.4, -0.2) is 17.0 Å². The molecule has 1 rings (SSSR count). The topological polar surface area (TPSA) is 37.3 Å². The summed E-state index contributed by atoms with van der Waals surface area (Å²) in [5.74, 6) is -0.548. The van der Waals surface area contributed by atoms with Crippen LogP contribution in [0.25, 0.3) is 0 Å². The Labute approximate surface area is 86.8 Å². The van der Waals surface area contributed by atoms with Gasteiger partial charge in [-0.3, -0.25) is 4.79 Å². The number of ketones is 1. The third kappa shape index (κ3) is 1.96. The Kier molecular flexibility index (Phi) is 2.85. The zero-order valence-corrected chi connectivity index (χ0v) is 8.86. The van der Waals surface area contributed by atoms with E-state index in [9.17, 15) is 9.90 Å². The van der Waals surface area contributed by atoms with Crippen molar-refractivity contribution in [3.8, 4) is 0 Å². The minimum Gasteiger partial charge on any atom is -0.381 e. The van der Waals surface area contributed by atoms with Crippen molar-refractivity contribution in [1.29, 1.82) is 0 Å². The molecule has 0 aromatic carbocycles. The van der Waals surface area contributed by atoms with Gasteiger partial charge in [-0.2, -0.15) is 0 Å². The second kappa shape index (κ2) is 3.45. The Morgan fingerprint density at radius 1 is 1.46 bits per heavy atom. The van der Waals surface area contributed by atoms with Crippen LogP contribution in [0.1, 0.15) is 13.8 Å². The van der Waals surface area contributed by atoms with E-state index < -0.39 is 17.3 Å². The molecule has 0 heterocycles. The SMILES string of the molecule is CC1(C)C=C[C@H](O)C(=O)C(Cl)=C1Cl. The van der Waals surface area contributed by atoms with E-state index in [1.54, 1.807) is 6.08 Å². The van der Waals surface area contributed by atoms with Gasteiger partial charge < -0.3 is 5.11 Å². The van der Waals surface area contributed by atoms with Gasteiger partial charge in [-0.1, -0.05) is 49.2 Å². The molecule has 0 bridgehead atoms. The van der Waals surface area contributed by atoms with E-state index in [0.29, 0.717) is 0 Å². The molecular formula is C9H10Cl2O2. The van der Waals surface area contributed by atoms with Crippen molar-refractivity contribution in [2.45, 2.75) is 20.0 Å². The van der Waals surface area contributed by atoms with Gasteiger partial charge in [0, 0.05) is 10.4 Å². The number of carbonyl (C=O) groups excluding carboxylic acids is 1. The number of hydrogen-bond acceptors (Lipinski definition) is 2. The summed E-state index contributed by atoms with van der Waals surface area (Å²) in [6.45, 7) is 3.64. The Balaban J connectivity index is 3.25. The zero-order chi connectivity index (χ0) is 10.2. The third-order valence-electron chi connectivity index (χ3n) is 1.94. The fraction of sp³-hybridized carbons (Fsp3) is 0.444.